The molecule has 0 aliphatic rings. The number of aryl methyl sites for hydroxylation is 1. The van der Waals surface area contributed by atoms with Crippen LogP contribution in [-0.4, -0.2) is 29.9 Å². The summed E-state index contributed by atoms with van der Waals surface area (Å²) in [5, 5.41) is 17.4. The molecule has 0 saturated heterocycles. The topological polar surface area (TPSA) is 68.8 Å². The summed E-state index contributed by atoms with van der Waals surface area (Å²) in [6, 6.07) is 16.0. The van der Waals surface area contributed by atoms with Gasteiger partial charge in [0.1, 0.15) is 11.0 Å². The molecular weight excluding hydrogens is 290 g/mol. The Hall–Kier alpha value is -3.15. The summed E-state index contributed by atoms with van der Waals surface area (Å²) in [4.78, 5) is 5.05. The van der Waals surface area contributed by atoms with Gasteiger partial charge < -0.3 is 9.77 Å². The predicted molar refractivity (Wildman–Crippen MR) is 85.4 cm³/mol. The molecule has 0 spiro atoms. The Morgan fingerprint density at radius 3 is 2.61 bits per heavy atom. The number of aromatic nitrogens is 5. The van der Waals surface area contributed by atoms with Crippen LogP contribution in [0.2, 0.25) is 0 Å². The minimum Gasteiger partial charge on any atom is -0.410 e. The molecule has 1 atom stereocenters. The molecule has 0 aliphatic carbocycles. The summed E-state index contributed by atoms with van der Waals surface area (Å²) < 4.78 is 2.11. The molecule has 6 heteroatoms. The average molecular weight is 305 g/mol. The van der Waals surface area contributed by atoms with Gasteiger partial charge in [-0.25, -0.2) is 4.98 Å². The van der Waals surface area contributed by atoms with E-state index in [1.165, 1.54) is 0 Å². The second-order valence-corrected chi connectivity index (χ2v) is 5.48. The highest BCUT2D eigenvalue weighted by Gasteiger charge is 2.19. The number of rotatable bonds is 3. The van der Waals surface area contributed by atoms with Crippen molar-refractivity contribution >= 4 is 11.0 Å². The third-order valence-corrected chi connectivity index (χ3v) is 4.02. The Morgan fingerprint density at radius 1 is 1.04 bits per heavy atom. The maximum absolute atomic E-state index is 9.80. The number of hydrogen-bond acceptors (Lipinski definition) is 4. The lowest BCUT2D eigenvalue weighted by atomic mass is 9.98. The van der Waals surface area contributed by atoms with Crippen molar-refractivity contribution in [3.05, 3.63) is 77.9 Å². The van der Waals surface area contributed by atoms with Crippen molar-refractivity contribution in [2.45, 2.75) is 13.0 Å². The van der Waals surface area contributed by atoms with Gasteiger partial charge in [0.25, 0.3) is 0 Å². The molecule has 6 nitrogen and oxygen atoms in total. The summed E-state index contributed by atoms with van der Waals surface area (Å²) >= 11 is 0. The van der Waals surface area contributed by atoms with E-state index in [-0.39, 0.29) is 6.04 Å². The first-order valence-electron chi connectivity index (χ1n) is 7.32. The van der Waals surface area contributed by atoms with Crippen LogP contribution in [0.1, 0.15) is 22.9 Å². The van der Waals surface area contributed by atoms with E-state index in [1.807, 2.05) is 55.8 Å². The van der Waals surface area contributed by atoms with Gasteiger partial charge >= 0.3 is 0 Å². The Kier molecular flexibility index (Phi) is 3.08. The third-order valence-electron chi connectivity index (χ3n) is 4.02. The van der Waals surface area contributed by atoms with Crippen molar-refractivity contribution in [1.82, 2.24) is 24.7 Å². The van der Waals surface area contributed by atoms with Crippen LogP contribution in [0.5, 0.6) is 0 Å². The van der Waals surface area contributed by atoms with Crippen LogP contribution in [0, 0.1) is 6.92 Å². The molecule has 2 heterocycles. The minimum absolute atomic E-state index is 0.0296. The maximum atomic E-state index is 9.80. The molecule has 0 fully saturated rings. The zero-order valence-corrected chi connectivity index (χ0v) is 12.5. The molecule has 114 valence electrons. The van der Waals surface area contributed by atoms with Crippen LogP contribution < -0.4 is 0 Å². The summed E-state index contributed by atoms with van der Waals surface area (Å²) in [5.74, 6) is 0. The largest absolute Gasteiger partial charge is 0.410 e. The molecule has 4 rings (SSSR count). The highest BCUT2D eigenvalue weighted by atomic mass is 16.5. The van der Waals surface area contributed by atoms with Gasteiger partial charge in [0.2, 0.25) is 0 Å². The van der Waals surface area contributed by atoms with Crippen molar-refractivity contribution in [3.8, 4) is 0 Å². The van der Waals surface area contributed by atoms with Crippen molar-refractivity contribution in [1.29, 1.82) is 0 Å². The van der Waals surface area contributed by atoms with E-state index in [0.29, 0.717) is 11.0 Å². The number of hydrogen-bond donors (Lipinski definition) is 1. The van der Waals surface area contributed by atoms with Crippen LogP contribution in [0.4, 0.5) is 0 Å². The summed E-state index contributed by atoms with van der Waals surface area (Å²) in [6.07, 6.45) is 3.66. The monoisotopic (exact) mass is 305 g/mol. The predicted octanol–water partition coefficient (Wildman–Crippen LogP) is 2.81. The first-order valence-corrected chi connectivity index (χ1v) is 7.32. The first-order chi connectivity index (χ1) is 11.2. The smallest absolute Gasteiger partial charge is 0.131 e. The summed E-state index contributed by atoms with van der Waals surface area (Å²) in [5.41, 5.74) is 4.48. The van der Waals surface area contributed by atoms with Crippen LogP contribution in [0.15, 0.2) is 61.1 Å². The lowest BCUT2D eigenvalue weighted by molar-refractivity contribution is 0.154. The second kappa shape index (κ2) is 5.24. The zero-order valence-electron chi connectivity index (χ0n) is 12.5. The van der Waals surface area contributed by atoms with Gasteiger partial charge in [0, 0.05) is 11.9 Å². The van der Waals surface area contributed by atoms with E-state index in [4.69, 9.17) is 0 Å². The third kappa shape index (κ3) is 2.24. The van der Waals surface area contributed by atoms with Crippen LogP contribution in [-0.2, 0) is 0 Å². The molecule has 23 heavy (non-hydrogen) atoms. The van der Waals surface area contributed by atoms with Crippen molar-refractivity contribution in [3.63, 3.8) is 0 Å². The van der Waals surface area contributed by atoms with Crippen molar-refractivity contribution < 1.29 is 5.21 Å². The highest BCUT2D eigenvalue weighted by Crippen LogP contribution is 2.29. The number of imidazole rings is 1. The Morgan fingerprint density at radius 2 is 1.87 bits per heavy atom. The molecule has 0 amide bonds. The van der Waals surface area contributed by atoms with Crippen LogP contribution >= 0.6 is 0 Å². The van der Waals surface area contributed by atoms with E-state index in [1.54, 1.807) is 0 Å². The molecule has 0 saturated carbocycles. The van der Waals surface area contributed by atoms with Crippen molar-refractivity contribution in [2.24, 2.45) is 0 Å². The van der Waals surface area contributed by atoms with E-state index in [9.17, 15) is 5.21 Å². The molecule has 1 unspecified atom stereocenters. The van der Waals surface area contributed by atoms with E-state index >= 15 is 0 Å². The highest BCUT2D eigenvalue weighted by molar-refractivity contribution is 5.75. The van der Waals surface area contributed by atoms with E-state index in [2.05, 4.69) is 32.0 Å². The molecule has 0 aliphatic heterocycles. The van der Waals surface area contributed by atoms with Gasteiger partial charge in [-0.3, -0.25) is 0 Å². The van der Waals surface area contributed by atoms with E-state index in [0.717, 1.165) is 21.7 Å². The Labute approximate surface area is 132 Å². The number of fused-ring (bicyclic) bond motifs is 1. The molecule has 2 aromatic carbocycles. The SMILES string of the molecule is Cc1cncn1C(c1ccccc1)c1ccc2nnn(O)c2c1. The van der Waals surface area contributed by atoms with Crippen LogP contribution in [0.25, 0.3) is 11.0 Å². The van der Waals surface area contributed by atoms with Crippen LogP contribution in [0.3, 0.4) is 0 Å². The van der Waals surface area contributed by atoms with Gasteiger partial charge in [-0.1, -0.05) is 41.2 Å². The van der Waals surface area contributed by atoms with Gasteiger partial charge in [-0.05, 0) is 35.4 Å². The Balaban J connectivity index is 1.93. The fraction of sp³-hybridized carbons (Fsp3) is 0.118. The maximum Gasteiger partial charge on any atom is 0.131 e. The average Bonchev–Trinajstić information content (AvgIpc) is 3.16. The lowest BCUT2D eigenvalue weighted by Crippen LogP contribution is -2.13. The lowest BCUT2D eigenvalue weighted by Gasteiger charge is -2.21. The fourth-order valence-electron chi connectivity index (χ4n) is 2.88. The fourth-order valence-corrected chi connectivity index (χ4v) is 2.88. The van der Waals surface area contributed by atoms with Gasteiger partial charge in [-0.15, -0.1) is 5.10 Å². The molecule has 0 radical (unpaired) electrons. The zero-order chi connectivity index (χ0) is 15.8. The van der Waals surface area contributed by atoms with Gasteiger partial charge in [-0.2, -0.15) is 0 Å². The molecule has 2 aromatic heterocycles. The van der Waals surface area contributed by atoms with Crippen molar-refractivity contribution in [2.75, 3.05) is 0 Å². The number of nitrogens with zero attached hydrogens (tertiary/aromatic N) is 5. The quantitative estimate of drug-likeness (QED) is 0.591. The van der Waals surface area contributed by atoms with Gasteiger partial charge in [0.15, 0.2) is 0 Å². The first kappa shape index (κ1) is 13.5. The van der Waals surface area contributed by atoms with Gasteiger partial charge in [0.05, 0.1) is 12.4 Å². The summed E-state index contributed by atoms with van der Waals surface area (Å²) in [7, 11) is 0. The second-order valence-electron chi connectivity index (χ2n) is 5.48. The normalized spacial score (nSPS) is 12.6. The number of benzene rings is 2. The molecule has 0 bridgehead atoms. The minimum atomic E-state index is -0.0296. The summed E-state index contributed by atoms with van der Waals surface area (Å²) in [6.45, 7) is 2.03. The molecular formula is C17H15N5O. The molecule has 1 N–H and O–H groups in total. The Bertz CT molecular complexity index is 957. The molecule has 4 aromatic rings. The standard InChI is InChI=1S/C17H15N5O/c1-12-10-18-11-21(12)17(13-5-3-2-4-6-13)14-7-8-15-16(9-14)22(23)20-19-15/h2-11,17,23H,1H3. The van der Waals surface area contributed by atoms with E-state index < -0.39 is 0 Å².